The molecule has 36 heavy (non-hydrogen) atoms. The van der Waals surface area contributed by atoms with Gasteiger partial charge in [-0.05, 0) is 55.3 Å². The molecule has 1 aromatic heterocycles. The van der Waals surface area contributed by atoms with Crippen molar-refractivity contribution < 1.29 is 29.0 Å². The first-order chi connectivity index (χ1) is 17.1. The molecular formula is C25H20Cl2N2O6S. The number of Topliss-reactive ketones (excluding diaryl/α,β-unsaturated/α-hetero) is 1. The Hall–Kier alpha value is -3.40. The lowest BCUT2D eigenvalue weighted by molar-refractivity contribution is -0.132. The number of ketones is 1. The van der Waals surface area contributed by atoms with Crippen LogP contribution in [0.3, 0.4) is 0 Å². The van der Waals surface area contributed by atoms with Crippen molar-refractivity contribution in [1.82, 2.24) is 4.98 Å². The van der Waals surface area contributed by atoms with Crippen LogP contribution in [0, 0.1) is 13.8 Å². The summed E-state index contributed by atoms with van der Waals surface area (Å²) in [5.41, 5.74) is 1.47. The highest BCUT2D eigenvalue weighted by atomic mass is 35.5. The Morgan fingerprint density at radius 1 is 1.11 bits per heavy atom. The third-order valence-electron chi connectivity index (χ3n) is 5.75. The SMILES string of the molecule is COC(=O)c1sc(N2C(=O)C(=O)/C(=C(/O)c3ccc(OC)cc3C)[C@H]2c2ccc(Cl)cc2Cl)nc1C. The number of hydrogen-bond donors (Lipinski definition) is 1. The van der Waals surface area contributed by atoms with Crippen LogP contribution >= 0.6 is 34.5 Å². The molecule has 0 radical (unpaired) electrons. The van der Waals surface area contributed by atoms with Crippen LogP contribution < -0.4 is 9.64 Å². The van der Waals surface area contributed by atoms with Gasteiger partial charge in [-0.15, -0.1) is 0 Å². The number of nitrogens with zero attached hydrogens (tertiary/aromatic N) is 2. The Labute approximate surface area is 220 Å². The topological polar surface area (TPSA) is 106 Å². The minimum Gasteiger partial charge on any atom is -0.507 e. The van der Waals surface area contributed by atoms with Crippen molar-refractivity contribution in [2.24, 2.45) is 0 Å². The Morgan fingerprint density at radius 2 is 1.83 bits per heavy atom. The first-order valence-corrected chi connectivity index (χ1v) is 12.1. The normalized spacial score (nSPS) is 16.9. The minimum atomic E-state index is -1.13. The van der Waals surface area contributed by atoms with E-state index in [0.717, 1.165) is 16.2 Å². The molecule has 0 aliphatic carbocycles. The van der Waals surface area contributed by atoms with Crippen LogP contribution in [0.1, 0.15) is 38.1 Å². The lowest BCUT2D eigenvalue weighted by atomic mass is 9.94. The van der Waals surface area contributed by atoms with Crippen LogP contribution in [-0.4, -0.2) is 42.0 Å². The predicted molar refractivity (Wildman–Crippen MR) is 137 cm³/mol. The van der Waals surface area contributed by atoms with Gasteiger partial charge in [0.05, 0.1) is 31.5 Å². The third kappa shape index (κ3) is 4.34. The molecule has 0 spiro atoms. The van der Waals surface area contributed by atoms with E-state index in [1.54, 1.807) is 44.2 Å². The van der Waals surface area contributed by atoms with E-state index in [2.05, 4.69) is 4.98 Å². The van der Waals surface area contributed by atoms with E-state index >= 15 is 0 Å². The molecule has 1 atom stereocenters. The van der Waals surface area contributed by atoms with Gasteiger partial charge in [-0.1, -0.05) is 40.6 Å². The monoisotopic (exact) mass is 546 g/mol. The number of carbonyl (C=O) groups is 3. The van der Waals surface area contributed by atoms with Gasteiger partial charge in [0.2, 0.25) is 0 Å². The molecule has 0 unspecified atom stereocenters. The lowest BCUT2D eigenvalue weighted by Crippen LogP contribution is -2.29. The molecule has 1 saturated heterocycles. The van der Waals surface area contributed by atoms with E-state index in [4.69, 9.17) is 32.7 Å². The number of rotatable bonds is 5. The van der Waals surface area contributed by atoms with Crippen molar-refractivity contribution in [3.05, 3.63) is 79.3 Å². The molecule has 2 aromatic carbocycles. The number of benzene rings is 2. The summed E-state index contributed by atoms with van der Waals surface area (Å²) in [4.78, 5) is 44.6. The Kier molecular flexibility index (Phi) is 7.08. The maximum atomic E-state index is 13.4. The molecule has 1 aliphatic heterocycles. The van der Waals surface area contributed by atoms with Gasteiger partial charge in [0.15, 0.2) is 5.13 Å². The maximum Gasteiger partial charge on any atom is 0.350 e. The second-order valence-corrected chi connectivity index (χ2v) is 9.74. The predicted octanol–water partition coefficient (Wildman–Crippen LogP) is 5.49. The van der Waals surface area contributed by atoms with Crippen LogP contribution in [0.2, 0.25) is 10.0 Å². The number of anilines is 1. The Bertz CT molecular complexity index is 1450. The fraction of sp³-hybridized carbons (Fsp3) is 0.200. The molecule has 4 rings (SSSR count). The number of aliphatic hydroxyl groups is 1. The number of hydrogen-bond acceptors (Lipinski definition) is 8. The summed E-state index contributed by atoms with van der Waals surface area (Å²) in [5.74, 6) is -2.29. The molecule has 0 saturated carbocycles. The summed E-state index contributed by atoms with van der Waals surface area (Å²) < 4.78 is 10.0. The van der Waals surface area contributed by atoms with Gasteiger partial charge in [0, 0.05) is 15.6 Å². The van der Waals surface area contributed by atoms with E-state index in [1.807, 2.05) is 0 Å². The first kappa shape index (κ1) is 25.7. The van der Waals surface area contributed by atoms with Crippen molar-refractivity contribution in [2.45, 2.75) is 19.9 Å². The zero-order valence-electron chi connectivity index (χ0n) is 19.6. The van der Waals surface area contributed by atoms with Gasteiger partial charge < -0.3 is 14.6 Å². The maximum absolute atomic E-state index is 13.4. The number of thiazole rings is 1. The first-order valence-electron chi connectivity index (χ1n) is 10.6. The van der Waals surface area contributed by atoms with Crippen molar-refractivity contribution >= 4 is 63.1 Å². The van der Waals surface area contributed by atoms with Crippen molar-refractivity contribution in [3.63, 3.8) is 0 Å². The van der Waals surface area contributed by atoms with E-state index in [9.17, 15) is 19.5 Å². The van der Waals surface area contributed by atoms with Gasteiger partial charge in [-0.2, -0.15) is 0 Å². The summed E-state index contributed by atoms with van der Waals surface area (Å²) in [6, 6.07) is 8.41. The summed E-state index contributed by atoms with van der Waals surface area (Å²) in [6.07, 6.45) is 0. The number of methoxy groups -OCH3 is 2. The summed E-state index contributed by atoms with van der Waals surface area (Å²) in [5, 5.41) is 12.0. The van der Waals surface area contributed by atoms with Gasteiger partial charge in [0.1, 0.15) is 16.4 Å². The highest BCUT2D eigenvalue weighted by Gasteiger charge is 2.49. The summed E-state index contributed by atoms with van der Waals surface area (Å²) >= 11 is 13.5. The average Bonchev–Trinajstić information content (AvgIpc) is 3.34. The Morgan fingerprint density at radius 3 is 2.44 bits per heavy atom. The van der Waals surface area contributed by atoms with Gasteiger partial charge >= 0.3 is 11.9 Å². The molecule has 11 heteroatoms. The number of carbonyl (C=O) groups excluding carboxylic acids is 3. The highest BCUT2D eigenvalue weighted by Crippen LogP contribution is 2.46. The quantitative estimate of drug-likeness (QED) is 0.195. The van der Waals surface area contributed by atoms with Crippen molar-refractivity contribution in [2.75, 3.05) is 19.1 Å². The fourth-order valence-corrected chi connectivity index (χ4v) is 5.51. The zero-order chi connectivity index (χ0) is 26.3. The van der Waals surface area contributed by atoms with E-state index in [1.165, 1.54) is 20.3 Å². The highest BCUT2D eigenvalue weighted by molar-refractivity contribution is 7.17. The molecule has 1 N–H and O–H groups in total. The molecule has 1 fully saturated rings. The third-order valence-corrected chi connectivity index (χ3v) is 7.45. The second-order valence-electron chi connectivity index (χ2n) is 7.92. The Balaban J connectivity index is 1.98. The number of aliphatic hydroxyl groups excluding tert-OH is 1. The van der Waals surface area contributed by atoms with E-state index in [-0.39, 0.29) is 26.4 Å². The van der Waals surface area contributed by atoms with Crippen LogP contribution in [0.25, 0.3) is 5.76 Å². The molecule has 0 bridgehead atoms. The van der Waals surface area contributed by atoms with Crippen LogP contribution in [0.15, 0.2) is 42.0 Å². The minimum absolute atomic E-state index is 0.0801. The van der Waals surface area contributed by atoms with Gasteiger partial charge in [0.25, 0.3) is 5.78 Å². The van der Waals surface area contributed by atoms with E-state index < -0.39 is 23.7 Å². The number of amides is 1. The summed E-state index contributed by atoms with van der Waals surface area (Å²) in [6.45, 7) is 3.33. The molecule has 2 heterocycles. The zero-order valence-corrected chi connectivity index (χ0v) is 21.9. The number of esters is 1. The molecule has 1 aliphatic rings. The average molecular weight is 547 g/mol. The number of aromatic nitrogens is 1. The van der Waals surface area contributed by atoms with Crippen LogP contribution in [-0.2, 0) is 14.3 Å². The van der Waals surface area contributed by atoms with Gasteiger partial charge in [-0.25, -0.2) is 9.78 Å². The number of ether oxygens (including phenoxy) is 2. The van der Waals surface area contributed by atoms with Crippen molar-refractivity contribution in [3.8, 4) is 5.75 Å². The van der Waals surface area contributed by atoms with Crippen LogP contribution in [0.4, 0.5) is 5.13 Å². The number of aryl methyl sites for hydroxylation is 2. The lowest BCUT2D eigenvalue weighted by Gasteiger charge is -2.24. The molecule has 8 nitrogen and oxygen atoms in total. The molecule has 3 aromatic rings. The smallest absolute Gasteiger partial charge is 0.350 e. The molecular weight excluding hydrogens is 527 g/mol. The molecule has 1 amide bonds. The fourth-order valence-electron chi connectivity index (χ4n) is 3.99. The van der Waals surface area contributed by atoms with E-state index in [0.29, 0.717) is 33.2 Å². The second kappa shape index (κ2) is 9.93. The van der Waals surface area contributed by atoms with Crippen LogP contribution in [0.5, 0.6) is 5.75 Å². The largest absolute Gasteiger partial charge is 0.507 e. The molecule has 186 valence electrons. The standard InChI is InChI=1S/C25H20Cl2N2O6S/c1-11-9-14(34-3)6-8-15(11)20(30)18-19(16-7-5-13(26)10-17(16)27)29(23(32)21(18)31)25-28-12(2)22(36-25)24(33)35-4/h5-10,19,30H,1-4H3/b20-18+/t19-/m1/s1. The van der Waals surface area contributed by atoms with Crippen molar-refractivity contribution in [1.29, 1.82) is 0 Å². The van der Waals surface area contributed by atoms with Gasteiger partial charge in [-0.3, -0.25) is 14.5 Å². The summed E-state index contributed by atoms with van der Waals surface area (Å²) in [7, 11) is 2.75. The number of halogens is 2.